The quantitative estimate of drug-likeness (QED) is 0.469. The van der Waals surface area contributed by atoms with E-state index < -0.39 is 0 Å². The van der Waals surface area contributed by atoms with Crippen LogP contribution in [0.4, 0.5) is 0 Å². The Kier molecular flexibility index (Phi) is 6.30. The molecule has 0 atom stereocenters. The van der Waals surface area contributed by atoms with Gasteiger partial charge in [-0.25, -0.2) is 0 Å². The Morgan fingerprint density at radius 1 is 0.556 bits per heavy atom. The standard InChI is InChI=1S/C27H42/c1-19-25(22-13-7-4-8-14-22)20(2)27(24-17-11-6-12-18-24)21(3)26(19)23-15-9-5-10-16-23/h22-24,27H,1,4-18H2,2-3H3. The maximum absolute atomic E-state index is 4.79. The Labute approximate surface area is 168 Å². The Balaban J connectivity index is 1.72. The molecule has 0 nitrogen and oxygen atoms in total. The Bertz CT molecular complexity index is 554. The summed E-state index contributed by atoms with van der Waals surface area (Å²) in [5.74, 6) is 3.27. The van der Waals surface area contributed by atoms with Crippen molar-refractivity contribution in [1.29, 1.82) is 0 Å². The summed E-state index contributed by atoms with van der Waals surface area (Å²) in [7, 11) is 0. The second-order valence-electron chi connectivity index (χ2n) is 10.2. The molecule has 4 rings (SSSR count). The van der Waals surface area contributed by atoms with E-state index in [1.807, 2.05) is 0 Å². The molecule has 0 amide bonds. The van der Waals surface area contributed by atoms with Crippen LogP contribution in [0.3, 0.4) is 0 Å². The molecule has 0 unspecified atom stereocenters. The highest BCUT2D eigenvalue weighted by molar-refractivity contribution is 5.57. The van der Waals surface area contributed by atoms with Crippen molar-refractivity contribution in [2.75, 3.05) is 0 Å². The summed E-state index contributed by atoms with van der Waals surface area (Å²) in [6.45, 7) is 9.81. The Morgan fingerprint density at radius 2 is 0.926 bits per heavy atom. The van der Waals surface area contributed by atoms with E-state index in [1.165, 1.54) is 102 Å². The molecular formula is C27H42. The van der Waals surface area contributed by atoms with Crippen LogP contribution < -0.4 is 0 Å². The zero-order chi connectivity index (χ0) is 18.8. The monoisotopic (exact) mass is 366 g/mol. The van der Waals surface area contributed by atoms with E-state index in [1.54, 1.807) is 22.3 Å². The molecule has 4 aliphatic rings. The number of hydrogen-bond acceptors (Lipinski definition) is 0. The first-order valence-electron chi connectivity index (χ1n) is 12.3. The van der Waals surface area contributed by atoms with Crippen molar-refractivity contribution < 1.29 is 0 Å². The average Bonchev–Trinajstić information content (AvgIpc) is 2.70. The fraction of sp³-hybridized carbons (Fsp3) is 0.778. The average molecular weight is 367 g/mol. The van der Waals surface area contributed by atoms with Gasteiger partial charge in [-0.2, -0.15) is 0 Å². The molecule has 150 valence electrons. The number of allylic oxidation sites excluding steroid dienone is 5. The summed E-state index contributed by atoms with van der Waals surface area (Å²) < 4.78 is 0. The van der Waals surface area contributed by atoms with Gasteiger partial charge in [0.15, 0.2) is 0 Å². The second-order valence-corrected chi connectivity index (χ2v) is 10.2. The fourth-order valence-electron chi connectivity index (χ4n) is 7.37. The van der Waals surface area contributed by atoms with Gasteiger partial charge >= 0.3 is 0 Å². The van der Waals surface area contributed by atoms with Crippen LogP contribution in [-0.4, -0.2) is 0 Å². The summed E-state index contributed by atoms with van der Waals surface area (Å²) >= 11 is 0. The van der Waals surface area contributed by atoms with E-state index in [0.717, 1.165) is 23.7 Å². The van der Waals surface area contributed by atoms with E-state index in [4.69, 9.17) is 6.58 Å². The van der Waals surface area contributed by atoms with Crippen molar-refractivity contribution in [3.63, 3.8) is 0 Å². The third-order valence-corrected chi connectivity index (χ3v) is 8.58. The molecular weight excluding hydrogens is 324 g/mol. The maximum atomic E-state index is 4.79. The van der Waals surface area contributed by atoms with E-state index >= 15 is 0 Å². The van der Waals surface area contributed by atoms with Crippen LogP contribution >= 0.6 is 0 Å². The molecule has 0 aromatic rings. The molecule has 0 N–H and O–H groups in total. The maximum Gasteiger partial charge on any atom is 0.00420 e. The fourth-order valence-corrected chi connectivity index (χ4v) is 7.37. The Hall–Kier alpha value is -0.780. The summed E-state index contributed by atoms with van der Waals surface area (Å²) in [6, 6.07) is 0. The lowest BCUT2D eigenvalue weighted by Crippen LogP contribution is -2.30. The summed E-state index contributed by atoms with van der Waals surface area (Å²) in [5.41, 5.74) is 8.48. The van der Waals surface area contributed by atoms with Crippen LogP contribution in [0.15, 0.2) is 34.4 Å². The molecule has 0 aromatic heterocycles. The predicted molar refractivity (Wildman–Crippen MR) is 118 cm³/mol. The zero-order valence-electron chi connectivity index (χ0n) is 18.1. The molecule has 0 heterocycles. The minimum Gasteiger partial charge on any atom is -0.0912 e. The first kappa shape index (κ1) is 19.5. The van der Waals surface area contributed by atoms with Gasteiger partial charge in [0.05, 0.1) is 0 Å². The van der Waals surface area contributed by atoms with Crippen LogP contribution in [0, 0.1) is 23.7 Å². The minimum atomic E-state index is 0.740. The van der Waals surface area contributed by atoms with Gasteiger partial charge < -0.3 is 0 Å². The highest BCUT2D eigenvalue weighted by Gasteiger charge is 2.38. The zero-order valence-corrected chi connectivity index (χ0v) is 18.1. The molecule has 0 bridgehead atoms. The Morgan fingerprint density at radius 3 is 1.33 bits per heavy atom. The molecule has 0 aromatic carbocycles. The molecule has 0 radical (unpaired) electrons. The summed E-state index contributed by atoms with van der Waals surface area (Å²) in [6.07, 6.45) is 21.6. The smallest absolute Gasteiger partial charge is 0.00420 e. The van der Waals surface area contributed by atoms with E-state index in [-0.39, 0.29) is 0 Å². The normalized spacial score (nSPS) is 28.3. The van der Waals surface area contributed by atoms with Crippen LogP contribution in [-0.2, 0) is 0 Å². The van der Waals surface area contributed by atoms with Gasteiger partial charge in [0, 0.05) is 5.92 Å². The molecule has 0 aliphatic heterocycles. The molecule has 27 heavy (non-hydrogen) atoms. The van der Waals surface area contributed by atoms with Crippen molar-refractivity contribution in [2.45, 2.75) is 110 Å². The first-order valence-corrected chi connectivity index (χ1v) is 12.3. The highest BCUT2D eigenvalue weighted by Crippen LogP contribution is 2.52. The third-order valence-electron chi connectivity index (χ3n) is 8.58. The van der Waals surface area contributed by atoms with Gasteiger partial charge in [-0.3, -0.25) is 0 Å². The third kappa shape index (κ3) is 3.88. The van der Waals surface area contributed by atoms with E-state index in [2.05, 4.69) is 13.8 Å². The second kappa shape index (κ2) is 8.71. The van der Waals surface area contributed by atoms with Crippen molar-refractivity contribution in [3.8, 4) is 0 Å². The minimum absolute atomic E-state index is 0.740. The lowest BCUT2D eigenvalue weighted by molar-refractivity contribution is 0.290. The largest absolute Gasteiger partial charge is 0.0912 e. The first-order chi connectivity index (χ1) is 13.2. The van der Waals surface area contributed by atoms with Crippen molar-refractivity contribution in [2.24, 2.45) is 23.7 Å². The van der Waals surface area contributed by atoms with Crippen LogP contribution in [0.25, 0.3) is 0 Å². The van der Waals surface area contributed by atoms with Crippen LogP contribution in [0.5, 0.6) is 0 Å². The lowest BCUT2D eigenvalue weighted by atomic mass is 9.62. The lowest BCUT2D eigenvalue weighted by Gasteiger charge is -2.43. The van der Waals surface area contributed by atoms with Gasteiger partial charge in [-0.1, -0.05) is 75.5 Å². The molecule has 4 aliphatic carbocycles. The van der Waals surface area contributed by atoms with Crippen molar-refractivity contribution >= 4 is 0 Å². The molecule has 0 heteroatoms. The van der Waals surface area contributed by atoms with Crippen LogP contribution in [0.1, 0.15) is 110 Å². The van der Waals surface area contributed by atoms with Crippen molar-refractivity contribution in [3.05, 3.63) is 34.4 Å². The summed E-state index contributed by atoms with van der Waals surface area (Å²) in [5, 5.41) is 0. The SMILES string of the molecule is C=C1C(C2CCCCC2)=C(C)C(C2CCCCC2)C(C)=C1C1CCCCC1. The van der Waals surface area contributed by atoms with E-state index in [0.29, 0.717) is 0 Å². The van der Waals surface area contributed by atoms with Gasteiger partial charge in [0.1, 0.15) is 0 Å². The molecule has 3 saturated carbocycles. The van der Waals surface area contributed by atoms with Gasteiger partial charge in [-0.15, -0.1) is 0 Å². The van der Waals surface area contributed by atoms with Crippen molar-refractivity contribution in [1.82, 2.24) is 0 Å². The predicted octanol–water partition coefficient (Wildman–Crippen LogP) is 8.55. The number of rotatable bonds is 3. The number of hydrogen-bond donors (Lipinski definition) is 0. The van der Waals surface area contributed by atoms with E-state index in [9.17, 15) is 0 Å². The van der Waals surface area contributed by atoms with Gasteiger partial charge in [0.25, 0.3) is 0 Å². The van der Waals surface area contributed by atoms with Gasteiger partial charge in [0.2, 0.25) is 0 Å². The molecule has 0 spiro atoms. The van der Waals surface area contributed by atoms with Gasteiger partial charge in [-0.05, 0) is 86.8 Å². The molecule has 3 fully saturated rings. The van der Waals surface area contributed by atoms with Crippen LogP contribution in [0.2, 0.25) is 0 Å². The summed E-state index contributed by atoms with van der Waals surface area (Å²) in [4.78, 5) is 0. The molecule has 0 saturated heterocycles. The highest BCUT2D eigenvalue weighted by atomic mass is 14.4. The topological polar surface area (TPSA) is 0 Å².